The summed E-state index contributed by atoms with van der Waals surface area (Å²) >= 11 is 3.10. The molecule has 1 atom stereocenters. The van der Waals surface area contributed by atoms with Crippen LogP contribution in [0, 0.1) is 11.7 Å². The van der Waals surface area contributed by atoms with Gasteiger partial charge in [0.2, 0.25) is 5.91 Å². The number of carbonyl (C=O) groups excluding carboxylic acids is 1. The highest BCUT2D eigenvalue weighted by molar-refractivity contribution is 7.99. The van der Waals surface area contributed by atoms with Gasteiger partial charge in [-0.2, -0.15) is 0 Å². The molecule has 0 spiro atoms. The van der Waals surface area contributed by atoms with Gasteiger partial charge < -0.3 is 9.88 Å². The van der Waals surface area contributed by atoms with Gasteiger partial charge in [-0.3, -0.25) is 4.79 Å². The smallest absolute Gasteiger partial charge is 0.234 e. The number of thiophene rings is 1. The fourth-order valence-corrected chi connectivity index (χ4v) is 5.37. The van der Waals surface area contributed by atoms with Crippen LogP contribution >= 0.6 is 23.1 Å². The Bertz CT molecular complexity index is 1010. The Labute approximate surface area is 171 Å². The van der Waals surface area contributed by atoms with Crippen LogP contribution in [0.2, 0.25) is 0 Å². The van der Waals surface area contributed by atoms with Crippen LogP contribution in [0.4, 0.5) is 10.1 Å². The van der Waals surface area contributed by atoms with E-state index in [1.165, 1.54) is 34.7 Å². The monoisotopic (exact) mass is 416 g/mol. The van der Waals surface area contributed by atoms with Gasteiger partial charge in [-0.15, -0.1) is 21.5 Å². The fraction of sp³-hybridized carbons (Fsp3) is 0.350. The molecule has 1 aliphatic rings. The zero-order chi connectivity index (χ0) is 19.7. The lowest BCUT2D eigenvalue weighted by molar-refractivity contribution is -0.113. The summed E-state index contributed by atoms with van der Waals surface area (Å²) in [4.78, 5) is 13.6. The molecular weight excluding hydrogens is 395 g/mol. The zero-order valence-corrected chi connectivity index (χ0v) is 17.4. The molecule has 0 bridgehead atoms. The molecule has 8 heteroatoms. The van der Waals surface area contributed by atoms with Crippen molar-refractivity contribution in [2.75, 3.05) is 11.1 Å². The number of aromatic nitrogens is 3. The molecule has 5 nitrogen and oxygen atoms in total. The molecule has 0 aliphatic heterocycles. The van der Waals surface area contributed by atoms with Crippen molar-refractivity contribution in [2.24, 2.45) is 13.0 Å². The van der Waals surface area contributed by atoms with Crippen molar-refractivity contribution in [3.63, 3.8) is 0 Å². The van der Waals surface area contributed by atoms with Crippen LogP contribution in [-0.2, 0) is 24.7 Å². The summed E-state index contributed by atoms with van der Waals surface area (Å²) in [6, 6.07) is 6.13. The van der Waals surface area contributed by atoms with Gasteiger partial charge in [0.25, 0.3) is 0 Å². The van der Waals surface area contributed by atoms with Crippen LogP contribution in [-0.4, -0.2) is 26.4 Å². The average molecular weight is 417 g/mol. The van der Waals surface area contributed by atoms with Crippen LogP contribution in [0.5, 0.6) is 0 Å². The summed E-state index contributed by atoms with van der Waals surface area (Å²) in [5.74, 6) is 0.987. The molecule has 0 radical (unpaired) electrons. The first kappa shape index (κ1) is 19.1. The van der Waals surface area contributed by atoms with Gasteiger partial charge in [-0.1, -0.05) is 30.8 Å². The number of amides is 1. The molecule has 2 heterocycles. The maximum atomic E-state index is 13.7. The predicted molar refractivity (Wildman–Crippen MR) is 111 cm³/mol. The maximum absolute atomic E-state index is 13.7. The van der Waals surface area contributed by atoms with Gasteiger partial charge in [0.05, 0.1) is 11.4 Å². The number of nitrogens with one attached hydrogen (secondary N) is 1. The Morgan fingerprint density at radius 1 is 1.39 bits per heavy atom. The first-order chi connectivity index (χ1) is 13.5. The standard InChI is InChI=1S/C20H21FN4OS2/c1-12-7-8-13-14(10-27-17(13)9-12)19-23-24-20(25(19)2)28-11-18(26)22-16-6-4-3-5-15(16)21/h3-6,10,12H,7-9,11H2,1-2H3,(H,22,26). The Morgan fingerprint density at radius 3 is 3.04 bits per heavy atom. The highest BCUT2D eigenvalue weighted by atomic mass is 32.2. The summed E-state index contributed by atoms with van der Waals surface area (Å²) in [5.41, 5.74) is 2.74. The van der Waals surface area contributed by atoms with Crippen LogP contribution in [0.15, 0.2) is 34.8 Å². The van der Waals surface area contributed by atoms with E-state index in [-0.39, 0.29) is 17.3 Å². The lowest BCUT2D eigenvalue weighted by Gasteiger charge is -2.18. The van der Waals surface area contributed by atoms with E-state index in [0.29, 0.717) is 5.16 Å². The van der Waals surface area contributed by atoms with E-state index >= 15 is 0 Å². The minimum atomic E-state index is -0.446. The van der Waals surface area contributed by atoms with Gasteiger partial charge in [0, 0.05) is 22.9 Å². The number of fused-ring (bicyclic) bond motifs is 1. The Morgan fingerprint density at radius 2 is 2.21 bits per heavy atom. The van der Waals surface area contributed by atoms with Gasteiger partial charge >= 0.3 is 0 Å². The van der Waals surface area contributed by atoms with Crippen molar-refractivity contribution >= 4 is 34.7 Å². The average Bonchev–Trinajstić information content (AvgIpc) is 3.24. The summed E-state index contributed by atoms with van der Waals surface area (Å²) in [6.07, 6.45) is 3.41. The molecule has 2 aromatic heterocycles. The molecule has 4 rings (SSSR count). The molecule has 0 fully saturated rings. The quantitative estimate of drug-likeness (QED) is 0.621. The van der Waals surface area contributed by atoms with E-state index in [4.69, 9.17) is 0 Å². The third-order valence-electron chi connectivity index (χ3n) is 4.96. The summed E-state index contributed by atoms with van der Waals surface area (Å²) < 4.78 is 15.6. The van der Waals surface area contributed by atoms with E-state index < -0.39 is 5.82 Å². The molecular formula is C20H21FN4OS2. The van der Waals surface area contributed by atoms with E-state index in [1.54, 1.807) is 29.5 Å². The lowest BCUT2D eigenvalue weighted by atomic mass is 9.88. The molecule has 1 unspecified atom stereocenters. The van der Waals surface area contributed by atoms with Crippen molar-refractivity contribution in [1.29, 1.82) is 0 Å². The van der Waals surface area contributed by atoms with Gasteiger partial charge in [0.15, 0.2) is 11.0 Å². The second kappa shape index (κ2) is 8.05. The first-order valence-electron chi connectivity index (χ1n) is 9.19. The summed E-state index contributed by atoms with van der Waals surface area (Å²) in [6.45, 7) is 2.30. The maximum Gasteiger partial charge on any atom is 0.234 e. The highest BCUT2D eigenvalue weighted by Crippen LogP contribution is 2.38. The van der Waals surface area contributed by atoms with E-state index in [9.17, 15) is 9.18 Å². The highest BCUT2D eigenvalue weighted by Gasteiger charge is 2.23. The van der Waals surface area contributed by atoms with Crippen LogP contribution in [0.1, 0.15) is 23.8 Å². The predicted octanol–water partition coefficient (Wildman–Crippen LogP) is 4.54. The number of para-hydroxylation sites is 1. The van der Waals surface area contributed by atoms with Crippen LogP contribution in [0.25, 0.3) is 11.4 Å². The lowest BCUT2D eigenvalue weighted by Crippen LogP contribution is -2.15. The van der Waals surface area contributed by atoms with Crippen molar-refractivity contribution in [1.82, 2.24) is 14.8 Å². The van der Waals surface area contributed by atoms with Crippen molar-refractivity contribution in [2.45, 2.75) is 31.3 Å². The minimum Gasteiger partial charge on any atom is -0.323 e. The van der Waals surface area contributed by atoms with E-state index in [2.05, 4.69) is 27.8 Å². The number of hydrogen-bond donors (Lipinski definition) is 1. The van der Waals surface area contributed by atoms with Crippen LogP contribution in [0.3, 0.4) is 0 Å². The topological polar surface area (TPSA) is 59.8 Å². The minimum absolute atomic E-state index is 0.138. The Balaban J connectivity index is 1.45. The molecule has 1 amide bonds. The second-order valence-corrected chi connectivity index (χ2v) is 8.99. The Hall–Kier alpha value is -2.19. The fourth-order valence-electron chi connectivity index (χ4n) is 3.42. The van der Waals surface area contributed by atoms with Crippen molar-refractivity contribution in [3.8, 4) is 11.4 Å². The molecule has 28 heavy (non-hydrogen) atoms. The number of carbonyl (C=O) groups is 1. The van der Waals surface area contributed by atoms with Crippen LogP contribution < -0.4 is 5.32 Å². The second-order valence-electron chi connectivity index (χ2n) is 7.08. The number of halogens is 1. The van der Waals surface area contributed by atoms with Gasteiger partial charge in [0.1, 0.15) is 5.82 Å². The third kappa shape index (κ3) is 3.84. The van der Waals surface area contributed by atoms with Crippen molar-refractivity contribution < 1.29 is 9.18 Å². The zero-order valence-electron chi connectivity index (χ0n) is 15.7. The largest absolute Gasteiger partial charge is 0.323 e. The normalized spacial score (nSPS) is 16.0. The number of hydrogen-bond acceptors (Lipinski definition) is 5. The number of nitrogens with zero attached hydrogens (tertiary/aromatic N) is 3. The molecule has 1 aliphatic carbocycles. The molecule has 1 N–H and O–H groups in total. The molecule has 0 saturated heterocycles. The first-order valence-corrected chi connectivity index (χ1v) is 11.1. The van der Waals surface area contributed by atoms with Gasteiger partial charge in [-0.05, 0) is 42.9 Å². The molecule has 3 aromatic rings. The number of rotatable bonds is 5. The number of thioether (sulfide) groups is 1. The number of benzene rings is 1. The van der Waals surface area contributed by atoms with Crippen molar-refractivity contribution in [3.05, 3.63) is 45.9 Å². The third-order valence-corrected chi connectivity index (χ3v) is 7.03. The Kier molecular flexibility index (Phi) is 5.50. The molecule has 0 saturated carbocycles. The SMILES string of the molecule is CC1CCc2c(-c3nnc(SCC(=O)Nc4ccccc4F)n3C)csc2C1. The van der Waals surface area contributed by atoms with E-state index in [0.717, 1.165) is 30.1 Å². The summed E-state index contributed by atoms with van der Waals surface area (Å²) in [5, 5.41) is 14.1. The molecule has 1 aromatic carbocycles. The molecule has 146 valence electrons. The number of anilines is 1. The van der Waals surface area contributed by atoms with E-state index in [1.807, 2.05) is 11.6 Å². The summed E-state index contributed by atoms with van der Waals surface area (Å²) in [7, 11) is 1.92. The van der Waals surface area contributed by atoms with Gasteiger partial charge in [-0.25, -0.2) is 4.39 Å².